The predicted molar refractivity (Wildman–Crippen MR) is 108 cm³/mol. The Balaban J connectivity index is 1.71. The van der Waals surface area contributed by atoms with Crippen LogP contribution < -0.4 is 0 Å². The third-order valence-corrected chi connectivity index (χ3v) is 4.78. The van der Waals surface area contributed by atoms with Crippen LogP contribution in [0.15, 0.2) is 54.6 Å². The molecule has 3 aromatic carbocycles. The van der Waals surface area contributed by atoms with Crippen LogP contribution in [0, 0.1) is 0 Å². The van der Waals surface area contributed by atoms with Crippen LogP contribution in [0.5, 0.6) is 23.0 Å². The van der Waals surface area contributed by atoms with Gasteiger partial charge in [0.15, 0.2) is 0 Å². The van der Waals surface area contributed by atoms with E-state index in [4.69, 9.17) is 5.11 Å². The van der Waals surface area contributed by atoms with Crippen LogP contribution in [-0.4, -0.2) is 31.5 Å². The molecular formula is C23H22O6. The highest BCUT2D eigenvalue weighted by molar-refractivity contribution is 5.87. The van der Waals surface area contributed by atoms with Crippen molar-refractivity contribution < 1.29 is 30.3 Å². The third kappa shape index (κ3) is 5.19. The number of aryl methyl sites for hydroxylation is 4. The van der Waals surface area contributed by atoms with Crippen LogP contribution >= 0.6 is 0 Å². The van der Waals surface area contributed by atoms with Gasteiger partial charge >= 0.3 is 5.97 Å². The van der Waals surface area contributed by atoms with Gasteiger partial charge in [0.05, 0.1) is 5.56 Å². The number of carboxylic acids is 1. The molecule has 0 unspecified atom stereocenters. The maximum Gasteiger partial charge on any atom is 0.335 e. The second kappa shape index (κ2) is 8.56. The van der Waals surface area contributed by atoms with Crippen LogP contribution in [0.3, 0.4) is 0 Å². The smallest absolute Gasteiger partial charge is 0.335 e. The Labute approximate surface area is 168 Å². The van der Waals surface area contributed by atoms with E-state index in [0.29, 0.717) is 42.4 Å². The van der Waals surface area contributed by atoms with E-state index in [1.807, 2.05) is 0 Å². The fourth-order valence-electron chi connectivity index (χ4n) is 3.30. The first-order valence-electron chi connectivity index (χ1n) is 9.19. The average molecular weight is 394 g/mol. The highest BCUT2D eigenvalue weighted by atomic mass is 16.4. The quantitative estimate of drug-likeness (QED) is 0.389. The zero-order valence-electron chi connectivity index (χ0n) is 15.7. The van der Waals surface area contributed by atoms with Gasteiger partial charge in [-0.05, 0) is 84.3 Å². The molecule has 0 aliphatic rings. The molecule has 0 radical (unpaired) electrons. The number of benzene rings is 3. The first-order chi connectivity index (χ1) is 13.8. The number of phenolic OH excluding ortho intramolecular Hbond substituents is 4. The summed E-state index contributed by atoms with van der Waals surface area (Å²) in [7, 11) is 0. The number of aromatic hydroxyl groups is 4. The lowest BCUT2D eigenvalue weighted by molar-refractivity contribution is 0.0697. The van der Waals surface area contributed by atoms with Crippen LogP contribution in [0.2, 0.25) is 0 Å². The Morgan fingerprint density at radius 2 is 1.10 bits per heavy atom. The molecule has 0 aromatic heterocycles. The molecule has 5 N–H and O–H groups in total. The van der Waals surface area contributed by atoms with Crippen molar-refractivity contribution in [1.29, 1.82) is 0 Å². The zero-order chi connectivity index (χ0) is 21.0. The lowest BCUT2D eigenvalue weighted by atomic mass is 9.97. The average Bonchev–Trinajstić information content (AvgIpc) is 2.66. The highest BCUT2D eigenvalue weighted by Gasteiger charge is 2.12. The largest absolute Gasteiger partial charge is 0.508 e. The Morgan fingerprint density at radius 3 is 1.62 bits per heavy atom. The summed E-state index contributed by atoms with van der Waals surface area (Å²) < 4.78 is 0. The number of rotatable bonds is 7. The molecule has 0 amide bonds. The van der Waals surface area contributed by atoms with E-state index in [2.05, 4.69) is 0 Å². The van der Waals surface area contributed by atoms with Crippen LogP contribution in [-0.2, 0) is 25.7 Å². The minimum atomic E-state index is -0.980. The van der Waals surface area contributed by atoms with Gasteiger partial charge in [-0.3, -0.25) is 0 Å². The Morgan fingerprint density at radius 1 is 0.621 bits per heavy atom. The molecule has 0 saturated heterocycles. The normalized spacial score (nSPS) is 10.8. The van der Waals surface area contributed by atoms with E-state index >= 15 is 0 Å². The van der Waals surface area contributed by atoms with Crippen molar-refractivity contribution in [1.82, 2.24) is 0 Å². The Hall–Kier alpha value is -3.67. The number of carboxylic acid groups (broad SMARTS) is 1. The molecular weight excluding hydrogens is 372 g/mol. The van der Waals surface area contributed by atoms with Crippen LogP contribution in [0.4, 0.5) is 0 Å². The van der Waals surface area contributed by atoms with E-state index < -0.39 is 5.97 Å². The van der Waals surface area contributed by atoms with Gasteiger partial charge in [-0.15, -0.1) is 0 Å². The van der Waals surface area contributed by atoms with Crippen molar-refractivity contribution in [2.24, 2.45) is 0 Å². The molecule has 0 aliphatic carbocycles. The Bertz CT molecular complexity index is 1000. The SMILES string of the molecule is O=C(O)c1ccc(CCc2cc(O)cc(CCc3cc(O)cc(O)c3)c2O)cc1. The van der Waals surface area contributed by atoms with Crippen molar-refractivity contribution in [2.75, 3.05) is 0 Å². The second-order valence-electron chi connectivity index (χ2n) is 6.97. The second-order valence-corrected chi connectivity index (χ2v) is 6.97. The van der Waals surface area contributed by atoms with Crippen molar-refractivity contribution in [2.45, 2.75) is 25.7 Å². The van der Waals surface area contributed by atoms with Gasteiger partial charge in [0, 0.05) is 6.07 Å². The van der Waals surface area contributed by atoms with Gasteiger partial charge in [0.25, 0.3) is 0 Å². The number of hydrogen-bond acceptors (Lipinski definition) is 5. The molecule has 0 saturated carbocycles. The number of aromatic carboxylic acids is 1. The number of carbonyl (C=O) groups is 1. The predicted octanol–water partition coefficient (Wildman–Crippen LogP) is 3.78. The molecule has 150 valence electrons. The minimum absolute atomic E-state index is 0.0327. The molecule has 0 spiro atoms. The molecule has 0 heterocycles. The minimum Gasteiger partial charge on any atom is -0.508 e. The van der Waals surface area contributed by atoms with E-state index in [1.54, 1.807) is 24.3 Å². The summed E-state index contributed by atoms with van der Waals surface area (Å²) in [4.78, 5) is 10.9. The van der Waals surface area contributed by atoms with Gasteiger partial charge in [-0.2, -0.15) is 0 Å². The number of phenols is 4. The first-order valence-corrected chi connectivity index (χ1v) is 9.19. The highest BCUT2D eigenvalue weighted by Crippen LogP contribution is 2.31. The molecule has 29 heavy (non-hydrogen) atoms. The van der Waals surface area contributed by atoms with E-state index in [0.717, 1.165) is 5.56 Å². The lowest BCUT2D eigenvalue weighted by Gasteiger charge is -2.12. The summed E-state index contributed by atoms with van der Waals surface area (Å²) >= 11 is 0. The molecule has 3 aromatic rings. The Kier molecular flexibility index (Phi) is 5.93. The lowest BCUT2D eigenvalue weighted by Crippen LogP contribution is -1.99. The van der Waals surface area contributed by atoms with E-state index in [-0.39, 0.29) is 28.6 Å². The zero-order valence-corrected chi connectivity index (χ0v) is 15.7. The van der Waals surface area contributed by atoms with Crippen molar-refractivity contribution in [3.8, 4) is 23.0 Å². The molecule has 6 nitrogen and oxygen atoms in total. The summed E-state index contributed by atoms with van der Waals surface area (Å²) in [6.45, 7) is 0. The van der Waals surface area contributed by atoms with Crippen molar-refractivity contribution in [3.05, 3.63) is 82.4 Å². The van der Waals surface area contributed by atoms with Gasteiger partial charge in [0.1, 0.15) is 23.0 Å². The monoisotopic (exact) mass is 394 g/mol. The molecule has 0 aliphatic heterocycles. The number of hydrogen-bond donors (Lipinski definition) is 5. The fraction of sp³-hybridized carbons (Fsp3) is 0.174. The first kappa shape index (κ1) is 20.1. The summed E-state index contributed by atoms with van der Waals surface area (Å²) in [5.41, 5.74) is 3.03. The van der Waals surface area contributed by atoms with Crippen molar-refractivity contribution in [3.63, 3.8) is 0 Å². The molecule has 0 bridgehead atoms. The van der Waals surface area contributed by atoms with Gasteiger partial charge in [-0.1, -0.05) is 12.1 Å². The van der Waals surface area contributed by atoms with Gasteiger partial charge in [-0.25, -0.2) is 4.79 Å². The topological polar surface area (TPSA) is 118 Å². The summed E-state index contributed by atoms with van der Waals surface area (Å²) in [5, 5.41) is 48.8. The maximum atomic E-state index is 10.9. The summed E-state index contributed by atoms with van der Waals surface area (Å²) in [5.74, 6) is -0.890. The summed E-state index contributed by atoms with van der Waals surface area (Å²) in [6, 6.07) is 13.9. The van der Waals surface area contributed by atoms with E-state index in [1.165, 1.54) is 30.3 Å². The molecule has 6 heteroatoms. The summed E-state index contributed by atoms with van der Waals surface area (Å²) in [6.07, 6.45) is 1.95. The standard InChI is InChI=1S/C23H22O6/c24-19-9-15(10-20(25)13-19)4-8-18-12-21(26)11-17(22(18)27)7-3-14-1-5-16(6-2-14)23(28)29/h1-2,5-6,9-13,24-27H,3-4,7-8H2,(H,28,29). The van der Waals surface area contributed by atoms with Crippen LogP contribution in [0.1, 0.15) is 32.6 Å². The van der Waals surface area contributed by atoms with Crippen molar-refractivity contribution >= 4 is 5.97 Å². The fourth-order valence-corrected chi connectivity index (χ4v) is 3.30. The third-order valence-electron chi connectivity index (χ3n) is 4.78. The molecule has 0 fully saturated rings. The molecule has 0 atom stereocenters. The van der Waals surface area contributed by atoms with E-state index in [9.17, 15) is 25.2 Å². The van der Waals surface area contributed by atoms with Gasteiger partial charge < -0.3 is 25.5 Å². The molecule has 3 rings (SSSR count). The van der Waals surface area contributed by atoms with Gasteiger partial charge in [0.2, 0.25) is 0 Å². The maximum absolute atomic E-state index is 10.9. The van der Waals surface area contributed by atoms with Crippen LogP contribution in [0.25, 0.3) is 0 Å².